The summed E-state index contributed by atoms with van der Waals surface area (Å²) in [4.78, 5) is 3.71. The largest absolute Gasteiger partial charge is 0.433 e. The van der Waals surface area contributed by atoms with E-state index in [1.165, 1.54) is 6.07 Å². The number of halogens is 3. The van der Waals surface area contributed by atoms with E-state index in [9.17, 15) is 13.2 Å². The van der Waals surface area contributed by atoms with Crippen molar-refractivity contribution in [3.05, 3.63) is 29.6 Å². The molecule has 0 radical (unpaired) electrons. The van der Waals surface area contributed by atoms with E-state index < -0.39 is 11.9 Å². The molecule has 0 aliphatic rings. The molecule has 0 amide bonds. The Balaban J connectivity index is 3.08. The van der Waals surface area contributed by atoms with Gasteiger partial charge in [-0.25, -0.2) is 4.98 Å². The molecule has 0 atom stereocenters. The van der Waals surface area contributed by atoms with Crippen LogP contribution in [0.4, 0.5) is 13.2 Å². The summed E-state index contributed by atoms with van der Waals surface area (Å²) in [5.41, 5.74) is -0.617. The van der Waals surface area contributed by atoms with Gasteiger partial charge in [-0.05, 0) is 18.6 Å². The SMILES string of the molecule is CCCC(C)(C)c1cccc(C(F)(F)F)n1. The Bertz CT molecular complexity index is 356. The quantitative estimate of drug-likeness (QED) is 0.760. The Morgan fingerprint density at radius 3 is 2.19 bits per heavy atom. The Kier molecular flexibility index (Phi) is 3.61. The van der Waals surface area contributed by atoms with E-state index >= 15 is 0 Å². The lowest BCUT2D eigenvalue weighted by Gasteiger charge is -2.24. The number of alkyl halides is 3. The molecule has 0 spiro atoms. The zero-order valence-electron chi connectivity index (χ0n) is 9.73. The second-order valence-electron chi connectivity index (χ2n) is 4.54. The molecule has 0 saturated carbocycles. The standard InChI is InChI=1S/C12H16F3N/c1-4-8-11(2,3)9-6-5-7-10(16-9)12(13,14)15/h5-7H,4,8H2,1-3H3. The Labute approximate surface area is 93.7 Å². The Morgan fingerprint density at radius 1 is 1.12 bits per heavy atom. The predicted molar refractivity (Wildman–Crippen MR) is 57.2 cm³/mol. The minimum Gasteiger partial charge on any atom is -0.248 e. The first-order valence-corrected chi connectivity index (χ1v) is 5.32. The first-order chi connectivity index (χ1) is 7.27. The fourth-order valence-electron chi connectivity index (χ4n) is 1.72. The smallest absolute Gasteiger partial charge is 0.248 e. The molecule has 0 saturated heterocycles. The molecule has 1 heterocycles. The molecule has 1 aromatic rings. The highest BCUT2D eigenvalue weighted by Crippen LogP contribution is 2.31. The van der Waals surface area contributed by atoms with Crippen molar-refractivity contribution in [2.24, 2.45) is 0 Å². The van der Waals surface area contributed by atoms with Gasteiger partial charge in [-0.15, -0.1) is 0 Å². The number of pyridine rings is 1. The summed E-state index contributed by atoms with van der Waals surface area (Å²) >= 11 is 0. The van der Waals surface area contributed by atoms with E-state index in [1.807, 2.05) is 20.8 Å². The average Bonchev–Trinajstić information content (AvgIpc) is 2.16. The molecule has 0 bridgehead atoms. The van der Waals surface area contributed by atoms with Gasteiger partial charge in [0, 0.05) is 11.1 Å². The van der Waals surface area contributed by atoms with Crippen LogP contribution in [0.1, 0.15) is 45.0 Å². The van der Waals surface area contributed by atoms with Crippen LogP contribution >= 0.6 is 0 Å². The van der Waals surface area contributed by atoms with Crippen LogP contribution in [0.5, 0.6) is 0 Å². The normalized spacial score (nSPS) is 12.9. The third-order valence-electron chi connectivity index (χ3n) is 2.61. The molecule has 0 unspecified atom stereocenters. The van der Waals surface area contributed by atoms with Crippen LogP contribution in [0.2, 0.25) is 0 Å². The summed E-state index contributed by atoms with van der Waals surface area (Å²) in [6, 6.07) is 4.08. The van der Waals surface area contributed by atoms with Crippen LogP contribution in [0, 0.1) is 0 Å². The molecule has 1 nitrogen and oxygen atoms in total. The van der Waals surface area contributed by atoms with Crippen molar-refractivity contribution in [2.45, 2.75) is 45.2 Å². The summed E-state index contributed by atoms with van der Waals surface area (Å²) < 4.78 is 37.4. The minimum atomic E-state index is -4.36. The average molecular weight is 231 g/mol. The lowest BCUT2D eigenvalue weighted by atomic mass is 9.84. The molecule has 0 aliphatic carbocycles. The first-order valence-electron chi connectivity index (χ1n) is 5.32. The summed E-state index contributed by atoms with van der Waals surface area (Å²) in [7, 11) is 0. The number of rotatable bonds is 3. The lowest BCUT2D eigenvalue weighted by Crippen LogP contribution is -2.20. The molecule has 1 rings (SSSR count). The molecule has 16 heavy (non-hydrogen) atoms. The maximum atomic E-state index is 12.5. The molecule has 1 aromatic heterocycles. The second-order valence-corrected chi connectivity index (χ2v) is 4.54. The van der Waals surface area contributed by atoms with Crippen LogP contribution in [-0.2, 0) is 11.6 Å². The van der Waals surface area contributed by atoms with Gasteiger partial charge < -0.3 is 0 Å². The highest BCUT2D eigenvalue weighted by molar-refractivity contribution is 5.19. The van der Waals surface area contributed by atoms with Crippen LogP contribution in [0.25, 0.3) is 0 Å². The van der Waals surface area contributed by atoms with E-state index in [1.54, 1.807) is 6.07 Å². The third kappa shape index (κ3) is 2.97. The molecular formula is C12H16F3N. The second kappa shape index (κ2) is 4.44. The van der Waals surface area contributed by atoms with Crippen molar-refractivity contribution in [2.75, 3.05) is 0 Å². The molecule has 0 aromatic carbocycles. The van der Waals surface area contributed by atoms with Gasteiger partial charge in [-0.2, -0.15) is 13.2 Å². The van der Waals surface area contributed by atoms with Gasteiger partial charge in [-0.3, -0.25) is 0 Å². The van der Waals surface area contributed by atoms with Crippen molar-refractivity contribution >= 4 is 0 Å². The van der Waals surface area contributed by atoms with Gasteiger partial charge in [0.25, 0.3) is 0 Å². The van der Waals surface area contributed by atoms with Gasteiger partial charge >= 0.3 is 6.18 Å². The van der Waals surface area contributed by atoms with Gasteiger partial charge in [0.2, 0.25) is 0 Å². The Morgan fingerprint density at radius 2 is 1.69 bits per heavy atom. The summed E-state index contributed by atoms with van der Waals surface area (Å²) in [5.74, 6) is 0. The van der Waals surface area contributed by atoms with Gasteiger partial charge in [0.15, 0.2) is 0 Å². The zero-order valence-corrected chi connectivity index (χ0v) is 9.73. The minimum absolute atomic E-state index is 0.310. The van der Waals surface area contributed by atoms with E-state index in [2.05, 4.69) is 4.98 Å². The van der Waals surface area contributed by atoms with E-state index in [0.717, 1.165) is 18.9 Å². The van der Waals surface area contributed by atoms with Gasteiger partial charge in [0.1, 0.15) is 5.69 Å². The molecule has 0 N–H and O–H groups in total. The summed E-state index contributed by atoms with van der Waals surface area (Å²) in [6.07, 6.45) is -2.62. The highest BCUT2D eigenvalue weighted by atomic mass is 19.4. The van der Waals surface area contributed by atoms with E-state index in [-0.39, 0.29) is 5.41 Å². The van der Waals surface area contributed by atoms with Crippen LogP contribution in [0.3, 0.4) is 0 Å². The molecule has 0 aliphatic heterocycles. The summed E-state index contributed by atoms with van der Waals surface area (Å²) in [5, 5.41) is 0. The number of hydrogen-bond acceptors (Lipinski definition) is 1. The topological polar surface area (TPSA) is 12.9 Å². The maximum Gasteiger partial charge on any atom is 0.433 e. The van der Waals surface area contributed by atoms with Gasteiger partial charge in [-0.1, -0.05) is 33.3 Å². The third-order valence-corrected chi connectivity index (χ3v) is 2.61. The maximum absolute atomic E-state index is 12.5. The van der Waals surface area contributed by atoms with E-state index in [4.69, 9.17) is 0 Å². The lowest BCUT2D eigenvalue weighted by molar-refractivity contribution is -0.141. The first kappa shape index (κ1) is 13.0. The number of aromatic nitrogens is 1. The fraction of sp³-hybridized carbons (Fsp3) is 0.583. The molecular weight excluding hydrogens is 215 g/mol. The molecule has 0 fully saturated rings. The van der Waals surface area contributed by atoms with Crippen LogP contribution in [0.15, 0.2) is 18.2 Å². The molecule has 4 heteroatoms. The summed E-state index contributed by atoms with van der Waals surface area (Å²) in [6.45, 7) is 5.84. The number of hydrogen-bond donors (Lipinski definition) is 0. The van der Waals surface area contributed by atoms with Gasteiger partial charge in [0.05, 0.1) is 0 Å². The Hall–Kier alpha value is -1.06. The monoisotopic (exact) mass is 231 g/mol. The molecule has 90 valence electrons. The number of nitrogens with zero attached hydrogens (tertiary/aromatic N) is 1. The van der Waals surface area contributed by atoms with Crippen LogP contribution in [-0.4, -0.2) is 4.98 Å². The van der Waals surface area contributed by atoms with Crippen molar-refractivity contribution in [3.63, 3.8) is 0 Å². The van der Waals surface area contributed by atoms with Crippen molar-refractivity contribution in [1.29, 1.82) is 0 Å². The van der Waals surface area contributed by atoms with Crippen LogP contribution < -0.4 is 0 Å². The fourth-order valence-corrected chi connectivity index (χ4v) is 1.72. The predicted octanol–water partition coefficient (Wildman–Crippen LogP) is 4.18. The zero-order chi connectivity index (χ0) is 12.4. The van der Waals surface area contributed by atoms with Crippen molar-refractivity contribution < 1.29 is 13.2 Å². The highest BCUT2D eigenvalue weighted by Gasteiger charge is 2.33. The van der Waals surface area contributed by atoms with E-state index in [0.29, 0.717) is 5.69 Å². The van der Waals surface area contributed by atoms with Crippen molar-refractivity contribution in [1.82, 2.24) is 4.98 Å². The van der Waals surface area contributed by atoms with Crippen molar-refractivity contribution in [3.8, 4) is 0 Å².